The third-order valence-electron chi connectivity index (χ3n) is 2.08. The maximum Gasteiger partial charge on any atom is 0.336 e. The lowest BCUT2D eigenvalue weighted by atomic mass is 10.1. The highest BCUT2D eigenvalue weighted by Gasteiger charge is 2.14. The molecule has 1 aromatic carbocycles. The van der Waals surface area contributed by atoms with E-state index in [-0.39, 0.29) is 11.3 Å². The van der Waals surface area contributed by atoms with Gasteiger partial charge in [-0.2, -0.15) is 5.26 Å². The number of hydrogen-bond donors (Lipinski definition) is 2. The smallest absolute Gasteiger partial charge is 0.336 e. The molecule has 0 heterocycles. The number of carbonyl (C=O) groups is 1. The van der Waals surface area contributed by atoms with Gasteiger partial charge in [-0.1, -0.05) is 6.07 Å². The molecule has 0 aliphatic heterocycles. The summed E-state index contributed by atoms with van der Waals surface area (Å²) in [7, 11) is -3.75. The molecular formula is C10H10N2O4S. The van der Waals surface area contributed by atoms with E-state index in [1.54, 1.807) is 0 Å². The fraction of sp³-hybridized carbons (Fsp3) is 0.200. The SMILES string of the molecule is Cc1c(NS(=O)(=O)CC#N)cccc1C(=O)O. The Morgan fingerprint density at radius 1 is 1.53 bits per heavy atom. The Hall–Kier alpha value is -2.07. The average molecular weight is 254 g/mol. The lowest BCUT2D eigenvalue weighted by molar-refractivity contribution is 0.0696. The summed E-state index contributed by atoms with van der Waals surface area (Å²) >= 11 is 0. The molecule has 2 N–H and O–H groups in total. The van der Waals surface area contributed by atoms with Crippen LogP contribution in [0.5, 0.6) is 0 Å². The fourth-order valence-electron chi connectivity index (χ4n) is 1.27. The molecule has 0 aromatic heterocycles. The molecule has 6 nitrogen and oxygen atoms in total. The monoisotopic (exact) mass is 254 g/mol. The minimum Gasteiger partial charge on any atom is -0.478 e. The van der Waals surface area contributed by atoms with Gasteiger partial charge in [0.1, 0.15) is 0 Å². The summed E-state index contributed by atoms with van der Waals surface area (Å²) in [6, 6.07) is 5.77. The van der Waals surface area contributed by atoms with E-state index in [9.17, 15) is 13.2 Å². The van der Waals surface area contributed by atoms with Gasteiger partial charge in [0.25, 0.3) is 0 Å². The Morgan fingerprint density at radius 2 is 2.18 bits per heavy atom. The number of sulfonamides is 1. The summed E-state index contributed by atoms with van der Waals surface area (Å²) in [5.74, 6) is -1.81. The molecule has 1 aromatic rings. The first kappa shape index (κ1) is 13.0. The van der Waals surface area contributed by atoms with E-state index in [2.05, 4.69) is 4.72 Å². The van der Waals surface area contributed by atoms with Crippen molar-refractivity contribution < 1.29 is 18.3 Å². The van der Waals surface area contributed by atoms with Gasteiger partial charge in [-0.25, -0.2) is 13.2 Å². The predicted molar refractivity (Wildman–Crippen MR) is 61.2 cm³/mol. The molecule has 0 aliphatic rings. The van der Waals surface area contributed by atoms with Gasteiger partial charge in [0, 0.05) is 0 Å². The first-order valence-electron chi connectivity index (χ1n) is 4.58. The van der Waals surface area contributed by atoms with Gasteiger partial charge in [0.2, 0.25) is 10.0 Å². The zero-order valence-electron chi connectivity index (χ0n) is 8.97. The molecule has 0 saturated carbocycles. The van der Waals surface area contributed by atoms with Gasteiger partial charge in [-0.05, 0) is 24.6 Å². The second-order valence-electron chi connectivity index (χ2n) is 3.30. The number of carboxylic acids is 1. The third kappa shape index (κ3) is 3.19. The molecule has 0 radical (unpaired) electrons. The van der Waals surface area contributed by atoms with Crippen molar-refractivity contribution in [3.05, 3.63) is 29.3 Å². The molecule has 0 amide bonds. The Morgan fingerprint density at radius 3 is 2.71 bits per heavy atom. The standard InChI is InChI=1S/C10H10N2O4S/c1-7-8(10(13)14)3-2-4-9(7)12-17(15,16)6-5-11/h2-4,12H,6H2,1H3,(H,13,14). The van der Waals surface area contributed by atoms with Crippen molar-refractivity contribution in [1.29, 1.82) is 5.26 Å². The normalized spacial score (nSPS) is 10.6. The van der Waals surface area contributed by atoms with Gasteiger partial charge in [0.05, 0.1) is 17.3 Å². The van der Waals surface area contributed by atoms with Crippen LogP contribution in [0.3, 0.4) is 0 Å². The highest BCUT2D eigenvalue weighted by atomic mass is 32.2. The van der Waals surface area contributed by atoms with Gasteiger partial charge in [-0.15, -0.1) is 0 Å². The van der Waals surface area contributed by atoms with Crippen molar-refractivity contribution in [3.63, 3.8) is 0 Å². The number of aromatic carboxylic acids is 1. The van der Waals surface area contributed by atoms with E-state index >= 15 is 0 Å². The van der Waals surface area contributed by atoms with E-state index in [1.165, 1.54) is 31.2 Å². The molecule has 0 aliphatic carbocycles. The van der Waals surface area contributed by atoms with Gasteiger partial charge in [0.15, 0.2) is 5.75 Å². The van der Waals surface area contributed by atoms with Gasteiger partial charge >= 0.3 is 5.97 Å². The average Bonchev–Trinajstić information content (AvgIpc) is 2.20. The van der Waals surface area contributed by atoms with Crippen molar-refractivity contribution in [2.45, 2.75) is 6.92 Å². The molecular weight excluding hydrogens is 244 g/mol. The highest BCUT2D eigenvalue weighted by Crippen LogP contribution is 2.20. The second-order valence-corrected chi connectivity index (χ2v) is 5.02. The summed E-state index contributed by atoms with van der Waals surface area (Å²) in [4.78, 5) is 10.8. The quantitative estimate of drug-likeness (QED) is 0.832. The summed E-state index contributed by atoms with van der Waals surface area (Å²) in [6.07, 6.45) is 0. The lowest BCUT2D eigenvalue weighted by Gasteiger charge is -2.10. The summed E-state index contributed by atoms with van der Waals surface area (Å²) < 4.78 is 24.9. The van der Waals surface area contributed by atoms with Crippen LogP contribution in [-0.2, 0) is 10.0 Å². The van der Waals surface area contributed by atoms with Crippen LogP contribution in [0.4, 0.5) is 5.69 Å². The largest absolute Gasteiger partial charge is 0.478 e. The van der Waals surface area contributed by atoms with Crippen molar-refractivity contribution in [2.24, 2.45) is 0 Å². The van der Waals surface area contributed by atoms with Gasteiger partial charge < -0.3 is 5.11 Å². The van der Waals surface area contributed by atoms with E-state index < -0.39 is 21.7 Å². The number of nitrogens with one attached hydrogen (secondary N) is 1. The number of rotatable bonds is 4. The maximum absolute atomic E-state index is 11.4. The van der Waals surface area contributed by atoms with Crippen molar-refractivity contribution >= 4 is 21.7 Å². The molecule has 0 spiro atoms. The van der Waals surface area contributed by atoms with Crippen LogP contribution >= 0.6 is 0 Å². The molecule has 17 heavy (non-hydrogen) atoms. The number of benzene rings is 1. The van der Waals surface area contributed by atoms with E-state index in [4.69, 9.17) is 10.4 Å². The number of anilines is 1. The minimum atomic E-state index is -3.75. The molecule has 7 heteroatoms. The topological polar surface area (TPSA) is 107 Å². The zero-order valence-corrected chi connectivity index (χ0v) is 9.78. The number of nitriles is 1. The Balaban J connectivity index is 3.14. The van der Waals surface area contributed by atoms with Crippen molar-refractivity contribution in [1.82, 2.24) is 0 Å². The zero-order chi connectivity index (χ0) is 13.1. The van der Waals surface area contributed by atoms with Crippen LogP contribution in [0, 0.1) is 18.3 Å². The van der Waals surface area contributed by atoms with Crippen LogP contribution < -0.4 is 4.72 Å². The predicted octanol–water partition coefficient (Wildman–Crippen LogP) is 0.959. The van der Waals surface area contributed by atoms with Gasteiger partial charge in [-0.3, -0.25) is 4.72 Å². The number of carboxylic acid groups (broad SMARTS) is 1. The van der Waals surface area contributed by atoms with E-state index in [0.29, 0.717) is 5.56 Å². The van der Waals surface area contributed by atoms with Crippen LogP contribution in [0.25, 0.3) is 0 Å². The number of hydrogen-bond acceptors (Lipinski definition) is 4. The Labute approximate surface area is 98.6 Å². The van der Waals surface area contributed by atoms with Crippen LogP contribution in [0.1, 0.15) is 15.9 Å². The highest BCUT2D eigenvalue weighted by molar-refractivity contribution is 7.92. The molecule has 1 rings (SSSR count). The maximum atomic E-state index is 11.4. The summed E-state index contributed by atoms with van der Waals surface area (Å²) in [5, 5.41) is 17.2. The molecule has 0 bridgehead atoms. The molecule has 0 atom stereocenters. The lowest BCUT2D eigenvalue weighted by Crippen LogP contribution is -2.17. The van der Waals surface area contributed by atoms with E-state index in [0.717, 1.165) is 0 Å². The van der Waals surface area contributed by atoms with Crippen molar-refractivity contribution in [3.8, 4) is 6.07 Å². The Bertz CT molecular complexity index is 587. The van der Waals surface area contributed by atoms with E-state index in [1.807, 2.05) is 0 Å². The molecule has 90 valence electrons. The second kappa shape index (κ2) is 4.84. The van der Waals surface area contributed by atoms with Crippen LogP contribution in [0.2, 0.25) is 0 Å². The molecule has 0 unspecified atom stereocenters. The minimum absolute atomic E-state index is 0.0159. The molecule has 0 fully saturated rings. The van der Waals surface area contributed by atoms with Crippen molar-refractivity contribution in [2.75, 3.05) is 10.5 Å². The number of nitrogens with zero attached hydrogens (tertiary/aromatic N) is 1. The summed E-state index contributed by atoms with van der Waals surface area (Å²) in [5.41, 5.74) is 0.490. The molecule has 0 saturated heterocycles. The summed E-state index contributed by atoms with van der Waals surface area (Å²) in [6.45, 7) is 1.49. The fourth-order valence-corrected chi connectivity index (χ4v) is 2.06. The first-order chi connectivity index (χ1) is 7.87. The Kier molecular flexibility index (Phi) is 3.70. The third-order valence-corrected chi connectivity index (χ3v) is 3.12. The van der Waals surface area contributed by atoms with Crippen LogP contribution in [0.15, 0.2) is 18.2 Å². The first-order valence-corrected chi connectivity index (χ1v) is 6.23. The van der Waals surface area contributed by atoms with Crippen LogP contribution in [-0.4, -0.2) is 25.2 Å².